The van der Waals surface area contributed by atoms with Gasteiger partial charge in [0.05, 0.1) is 23.9 Å². The lowest BCUT2D eigenvalue weighted by Crippen LogP contribution is -2.61. The predicted molar refractivity (Wildman–Crippen MR) is 265 cm³/mol. The summed E-state index contributed by atoms with van der Waals surface area (Å²) >= 11 is 17.0. The van der Waals surface area contributed by atoms with Crippen LogP contribution in [0.25, 0.3) is 0 Å². The first-order valence-corrected chi connectivity index (χ1v) is 23.9. The van der Waals surface area contributed by atoms with E-state index in [1.165, 1.54) is 17.0 Å². The molecule has 2 aromatic carbocycles. The molecule has 6 heterocycles. The standard InChI is InChI=1S/C22H24ClF4N7O3.C18H22ClF3N4O3.C4H3ClFN3.CH4/c23-11-6-12(8-13(7-11)37-22(25,26)27)32-15-2-1-4-34(21(15)36)16-9-33(5-3-14(16)19(29)35)20-17(24)18(28)30-10-31-20;19-10-6-11(8-12(7-10)29-18(20,21)22)25-14-2-1-5-26(17(14)28)15-9-24-4-3-13(15)16(23)27;5-3-2(6)4(7)9-1-8-3;/h6-8,10,14-16,32H,1-5,9H2,(H2,29,35)(H2,28,30,31);6-8,13-15,24-25H,1-5,9H2,(H2,23,27);1H,(H2,7,8,9);1H4/t14-,15?,16-;13-,14?,15-;;/m00../s1. The first-order valence-electron chi connectivity index (χ1n) is 22.8. The molecule has 0 bridgehead atoms. The average molecular weight is 1140 g/mol. The number of halogens is 11. The zero-order valence-corrected chi connectivity index (χ0v) is 41.4. The van der Waals surface area contributed by atoms with E-state index in [0.717, 1.165) is 36.9 Å². The fourth-order valence-corrected chi connectivity index (χ4v) is 9.62. The number of carbonyl (C=O) groups is 4. The van der Waals surface area contributed by atoms with Crippen LogP contribution >= 0.6 is 34.8 Å². The number of ether oxygens (including phenoxy) is 2. The monoisotopic (exact) mass is 1140 g/mol. The number of benzene rings is 2. The van der Waals surface area contributed by atoms with Crippen LogP contribution < -0.4 is 53.3 Å². The molecule has 0 saturated carbocycles. The van der Waals surface area contributed by atoms with Gasteiger partial charge in [0.1, 0.15) is 36.2 Å². The minimum absolute atomic E-state index is 0. The quantitative estimate of drug-likeness (QED) is 0.0657. The normalized spacial score (nSPS) is 21.9. The van der Waals surface area contributed by atoms with Crippen molar-refractivity contribution in [2.24, 2.45) is 23.3 Å². The van der Waals surface area contributed by atoms with Gasteiger partial charge in [0, 0.05) is 66.3 Å². The zero-order chi connectivity index (χ0) is 54.9. The first kappa shape index (κ1) is 60.2. The summed E-state index contributed by atoms with van der Waals surface area (Å²) in [4.78, 5) is 69.6. The van der Waals surface area contributed by atoms with Crippen LogP contribution in [0.15, 0.2) is 49.1 Å². The SMILES string of the molecule is C.NC(=O)[C@H]1CCN(c2ncnc(N)c2F)C[C@@H]1N1CCCC(Nc2cc(Cl)cc(OC(F)(F)F)c2)C1=O.NC(=O)[C@H]1CCNC[C@@H]1N1CCCC(Nc2cc(Cl)cc(OC(F)(F)F)c2)C1=O.Nc1ncnc(Cl)c1F. The Morgan fingerprint density at radius 3 is 1.61 bits per heavy atom. The topological polar surface area (TPSA) is 288 Å². The molecule has 31 heteroatoms. The number of nitrogens with zero attached hydrogens (tertiary/aromatic N) is 7. The van der Waals surface area contributed by atoms with Crippen LogP contribution in [0.5, 0.6) is 11.5 Å². The van der Waals surface area contributed by atoms with Crippen LogP contribution in [-0.4, -0.2) is 130 Å². The summed E-state index contributed by atoms with van der Waals surface area (Å²) in [5.74, 6) is -5.96. The number of alkyl halides is 6. The summed E-state index contributed by atoms with van der Waals surface area (Å²) in [6.45, 7) is 2.24. The van der Waals surface area contributed by atoms with Crippen LogP contribution in [0, 0.1) is 23.5 Å². The highest BCUT2D eigenvalue weighted by Gasteiger charge is 2.44. The summed E-state index contributed by atoms with van der Waals surface area (Å²) in [6, 6.07) is 4.55. The molecule has 2 aromatic heterocycles. The lowest BCUT2D eigenvalue weighted by molar-refractivity contribution is -0.275. The second-order valence-corrected chi connectivity index (χ2v) is 18.6. The maximum atomic E-state index is 14.6. The third kappa shape index (κ3) is 16.2. The molecule has 416 valence electrons. The van der Waals surface area contributed by atoms with Gasteiger partial charge in [-0.1, -0.05) is 42.2 Å². The number of nitrogens with one attached hydrogen (secondary N) is 3. The predicted octanol–water partition coefficient (Wildman–Crippen LogP) is 6.13. The number of hydrogen-bond acceptors (Lipinski definition) is 16. The van der Waals surface area contributed by atoms with E-state index in [4.69, 9.17) is 57.7 Å². The molecule has 0 radical (unpaired) electrons. The first-order chi connectivity index (χ1) is 35.3. The van der Waals surface area contributed by atoms with E-state index in [-0.39, 0.29) is 88.8 Å². The Bertz CT molecular complexity index is 2680. The van der Waals surface area contributed by atoms with E-state index in [2.05, 4.69) is 45.4 Å². The van der Waals surface area contributed by atoms with Gasteiger partial charge in [-0.2, -0.15) is 8.78 Å². The molecule has 4 aromatic rings. The largest absolute Gasteiger partial charge is 0.573 e. The van der Waals surface area contributed by atoms with Gasteiger partial charge in [-0.25, -0.2) is 19.9 Å². The van der Waals surface area contributed by atoms with Crippen LogP contribution in [-0.2, 0) is 19.2 Å². The van der Waals surface area contributed by atoms with E-state index in [9.17, 15) is 54.3 Å². The number of piperidine rings is 4. The molecule has 2 unspecified atom stereocenters. The highest BCUT2D eigenvalue weighted by atomic mass is 35.5. The third-order valence-electron chi connectivity index (χ3n) is 12.3. The van der Waals surface area contributed by atoms with Gasteiger partial charge < -0.3 is 63.1 Å². The summed E-state index contributed by atoms with van der Waals surface area (Å²) in [5, 5.41) is 8.82. The second kappa shape index (κ2) is 25.9. The van der Waals surface area contributed by atoms with Crippen LogP contribution in [0.1, 0.15) is 46.0 Å². The molecule has 0 aliphatic carbocycles. The van der Waals surface area contributed by atoms with Crippen molar-refractivity contribution >= 4 is 87.3 Å². The molecular weight excluding hydrogens is 1090 g/mol. The van der Waals surface area contributed by atoms with Crippen molar-refractivity contribution in [1.82, 2.24) is 35.1 Å². The number of nitrogens with two attached hydrogens (primary N) is 4. The van der Waals surface area contributed by atoms with Crippen molar-refractivity contribution in [3.63, 3.8) is 0 Å². The lowest BCUT2D eigenvalue weighted by atomic mass is 9.87. The van der Waals surface area contributed by atoms with E-state index < -0.39 is 77.6 Å². The van der Waals surface area contributed by atoms with Gasteiger partial charge in [-0.05, 0) is 69.3 Å². The smallest absolute Gasteiger partial charge is 0.406 e. The van der Waals surface area contributed by atoms with Crippen LogP contribution in [0.3, 0.4) is 0 Å². The number of rotatable bonds is 11. The Hall–Kier alpha value is -6.65. The van der Waals surface area contributed by atoms with Gasteiger partial charge in [-0.3, -0.25) is 19.2 Å². The molecule has 0 spiro atoms. The highest BCUT2D eigenvalue weighted by Crippen LogP contribution is 2.35. The number of anilines is 5. The molecule has 4 aliphatic heterocycles. The maximum absolute atomic E-state index is 14.6. The minimum atomic E-state index is -4.91. The fraction of sp³-hybridized carbons (Fsp3) is 0.467. The number of carbonyl (C=O) groups excluding carboxylic acids is 4. The average Bonchev–Trinajstić information content (AvgIpc) is 3.32. The zero-order valence-electron chi connectivity index (χ0n) is 39.1. The summed E-state index contributed by atoms with van der Waals surface area (Å²) in [7, 11) is 0. The van der Waals surface area contributed by atoms with E-state index in [0.29, 0.717) is 58.3 Å². The fourth-order valence-electron chi connectivity index (χ4n) is 9.03. The molecule has 4 saturated heterocycles. The molecule has 11 N–H and O–H groups in total. The number of primary amides is 2. The Labute approximate surface area is 444 Å². The summed E-state index contributed by atoms with van der Waals surface area (Å²) in [5.41, 5.74) is 22.1. The van der Waals surface area contributed by atoms with Crippen molar-refractivity contribution in [1.29, 1.82) is 0 Å². The van der Waals surface area contributed by atoms with Crippen molar-refractivity contribution < 1.29 is 63.8 Å². The van der Waals surface area contributed by atoms with E-state index in [1.807, 2.05) is 0 Å². The Morgan fingerprint density at radius 1 is 0.658 bits per heavy atom. The number of nitrogen functional groups attached to an aromatic ring is 2. The van der Waals surface area contributed by atoms with Gasteiger partial charge in [0.2, 0.25) is 35.3 Å². The summed E-state index contributed by atoms with van der Waals surface area (Å²) in [6.07, 6.45) is -4.65. The van der Waals surface area contributed by atoms with Crippen LogP contribution in [0.2, 0.25) is 15.2 Å². The number of amides is 4. The molecule has 6 atom stereocenters. The van der Waals surface area contributed by atoms with Crippen molar-refractivity contribution in [3.8, 4) is 11.5 Å². The van der Waals surface area contributed by atoms with Gasteiger partial charge in [0.25, 0.3) is 0 Å². The minimum Gasteiger partial charge on any atom is -0.406 e. The van der Waals surface area contributed by atoms with Crippen molar-refractivity contribution in [2.45, 2.75) is 82.8 Å². The molecular formula is C45H53Cl3F8N14O6. The molecule has 4 amide bonds. The Morgan fingerprint density at radius 2 is 1.13 bits per heavy atom. The van der Waals surface area contributed by atoms with Gasteiger partial charge in [-0.15, -0.1) is 26.3 Å². The van der Waals surface area contributed by atoms with Gasteiger partial charge >= 0.3 is 12.7 Å². The van der Waals surface area contributed by atoms with E-state index >= 15 is 0 Å². The highest BCUT2D eigenvalue weighted by molar-refractivity contribution is 6.31. The van der Waals surface area contributed by atoms with Crippen molar-refractivity contribution in [3.05, 3.63) is 75.9 Å². The molecule has 20 nitrogen and oxygen atoms in total. The number of hydrogen-bond donors (Lipinski definition) is 7. The number of aromatic nitrogens is 4. The molecule has 4 fully saturated rings. The van der Waals surface area contributed by atoms with Gasteiger partial charge in [0.15, 0.2) is 22.6 Å². The third-order valence-corrected chi connectivity index (χ3v) is 13.0. The molecule has 8 rings (SSSR count). The maximum Gasteiger partial charge on any atom is 0.573 e. The Balaban J connectivity index is 0.000000243. The second-order valence-electron chi connectivity index (χ2n) is 17.3. The Kier molecular flexibility index (Phi) is 20.5. The number of likely N-dealkylation sites (tertiary alicyclic amines) is 2. The lowest BCUT2D eigenvalue weighted by Gasteiger charge is -2.46. The summed E-state index contributed by atoms with van der Waals surface area (Å²) < 4.78 is 110. The van der Waals surface area contributed by atoms with Crippen LogP contribution in [0.4, 0.5) is 64.0 Å². The molecule has 4 aliphatic rings. The molecule has 76 heavy (non-hydrogen) atoms. The van der Waals surface area contributed by atoms with E-state index in [1.54, 1.807) is 9.80 Å². The van der Waals surface area contributed by atoms with Crippen molar-refractivity contribution in [2.75, 3.05) is 66.3 Å².